The number of ether oxygens (including phenoxy) is 1. The molecule has 21 heavy (non-hydrogen) atoms. The summed E-state index contributed by atoms with van der Waals surface area (Å²) in [7, 11) is 0. The Kier molecular flexibility index (Phi) is 5.76. The summed E-state index contributed by atoms with van der Waals surface area (Å²) in [6, 6.07) is 7.10. The number of carboxylic acid groups (broad SMARTS) is 1. The van der Waals surface area contributed by atoms with E-state index in [0.717, 1.165) is 25.1 Å². The van der Waals surface area contributed by atoms with Gasteiger partial charge in [0.2, 0.25) is 0 Å². The van der Waals surface area contributed by atoms with E-state index in [-0.39, 0.29) is 0 Å². The van der Waals surface area contributed by atoms with Crippen molar-refractivity contribution >= 4 is 5.97 Å². The second-order valence-electron chi connectivity index (χ2n) is 6.12. The molecule has 1 aliphatic heterocycles. The van der Waals surface area contributed by atoms with Crippen LogP contribution in [0.15, 0.2) is 24.3 Å². The number of hydrogen-bond donors (Lipinski definition) is 2. The summed E-state index contributed by atoms with van der Waals surface area (Å²) in [6.45, 7) is 6.90. The van der Waals surface area contributed by atoms with Crippen LogP contribution in [0.1, 0.15) is 42.6 Å². The average molecular weight is 291 g/mol. The zero-order valence-corrected chi connectivity index (χ0v) is 12.8. The van der Waals surface area contributed by atoms with Gasteiger partial charge in [0.1, 0.15) is 0 Å². The number of carboxylic acids is 1. The molecule has 1 saturated heterocycles. The Morgan fingerprint density at radius 2 is 2.29 bits per heavy atom. The number of carbonyl (C=O) groups is 1. The first kappa shape index (κ1) is 16.0. The molecule has 0 amide bonds. The molecule has 1 aromatic rings. The third-order valence-corrected chi connectivity index (χ3v) is 4.06. The van der Waals surface area contributed by atoms with Gasteiger partial charge in [-0.2, -0.15) is 0 Å². The normalized spacial score (nSPS) is 22.4. The number of hydrogen-bond acceptors (Lipinski definition) is 3. The van der Waals surface area contributed by atoms with Gasteiger partial charge in [-0.15, -0.1) is 0 Å². The van der Waals surface area contributed by atoms with Crippen LogP contribution in [0.3, 0.4) is 0 Å². The van der Waals surface area contributed by atoms with Crippen molar-refractivity contribution in [1.82, 2.24) is 5.32 Å². The van der Waals surface area contributed by atoms with E-state index in [9.17, 15) is 4.79 Å². The Morgan fingerprint density at radius 3 is 3.00 bits per heavy atom. The van der Waals surface area contributed by atoms with Crippen LogP contribution in [0, 0.1) is 11.8 Å². The maximum absolute atomic E-state index is 11.0. The van der Waals surface area contributed by atoms with Gasteiger partial charge in [0.25, 0.3) is 0 Å². The fourth-order valence-electron chi connectivity index (χ4n) is 3.04. The van der Waals surface area contributed by atoms with Gasteiger partial charge < -0.3 is 15.2 Å². The summed E-state index contributed by atoms with van der Waals surface area (Å²) >= 11 is 0. The Bertz CT molecular complexity index is 473. The van der Waals surface area contributed by atoms with Crippen molar-refractivity contribution in [2.45, 2.75) is 39.3 Å². The monoisotopic (exact) mass is 291 g/mol. The van der Waals surface area contributed by atoms with Crippen LogP contribution < -0.4 is 5.32 Å². The zero-order valence-electron chi connectivity index (χ0n) is 12.8. The van der Waals surface area contributed by atoms with Crippen LogP contribution >= 0.6 is 0 Å². The van der Waals surface area contributed by atoms with Gasteiger partial charge >= 0.3 is 5.97 Å². The summed E-state index contributed by atoms with van der Waals surface area (Å²) in [5, 5.41) is 12.4. The summed E-state index contributed by atoms with van der Waals surface area (Å²) in [4.78, 5) is 11.0. The molecule has 1 heterocycles. The molecule has 2 rings (SSSR count). The molecule has 4 heteroatoms. The largest absolute Gasteiger partial charge is 0.478 e. The lowest BCUT2D eigenvalue weighted by atomic mass is 9.87. The van der Waals surface area contributed by atoms with E-state index < -0.39 is 5.97 Å². The quantitative estimate of drug-likeness (QED) is 0.846. The van der Waals surface area contributed by atoms with E-state index >= 15 is 0 Å². The second-order valence-corrected chi connectivity index (χ2v) is 6.12. The predicted molar refractivity (Wildman–Crippen MR) is 82.4 cm³/mol. The molecule has 0 bridgehead atoms. The second kappa shape index (κ2) is 7.57. The Morgan fingerprint density at radius 1 is 1.48 bits per heavy atom. The molecule has 2 unspecified atom stereocenters. The lowest BCUT2D eigenvalue weighted by Crippen LogP contribution is -2.39. The van der Waals surface area contributed by atoms with Crippen LogP contribution in [-0.2, 0) is 11.3 Å². The summed E-state index contributed by atoms with van der Waals surface area (Å²) in [6.07, 6.45) is 2.66. The van der Waals surface area contributed by atoms with Crippen LogP contribution in [0.2, 0.25) is 0 Å². The van der Waals surface area contributed by atoms with Crippen LogP contribution in [0.5, 0.6) is 0 Å². The number of aromatic carboxylic acids is 1. The summed E-state index contributed by atoms with van der Waals surface area (Å²) < 4.78 is 5.89. The van der Waals surface area contributed by atoms with Gasteiger partial charge in [0.05, 0.1) is 11.7 Å². The molecule has 1 aromatic carbocycles. The Hall–Kier alpha value is -1.39. The van der Waals surface area contributed by atoms with Crippen molar-refractivity contribution in [1.29, 1.82) is 0 Å². The number of rotatable bonds is 6. The topological polar surface area (TPSA) is 58.6 Å². The Labute approximate surface area is 126 Å². The highest BCUT2D eigenvalue weighted by atomic mass is 16.5. The van der Waals surface area contributed by atoms with Crippen LogP contribution in [0.4, 0.5) is 0 Å². The maximum atomic E-state index is 11.0. The lowest BCUT2D eigenvalue weighted by molar-refractivity contribution is -0.0516. The van der Waals surface area contributed by atoms with Crippen molar-refractivity contribution in [3.05, 3.63) is 35.4 Å². The molecule has 0 spiro atoms. The Balaban J connectivity index is 1.85. The molecule has 4 nitrogen and oxygen atoms in total. The molecule has 0 radical (unpaired) electrons. The zero-order chi connectivity index (χ0) is 15.2. The van der Waals surface area contributed by atoms with Gasteiger partial charge in [-0.1, -0.05) is 26.0 Å². The van der Waals surface area contributed by atoms with Crippen molar-refractivity contribution in [2.75, 3.05) is 13.2 Å². The standard InChI is InChI=1S/C17H25NO3/c1-12(2)16-15(7-4-8-21-16)11-18-10-13-5-3-6-14(9-13)17(19)20/h3,5-6,9,12,15-16,18H,4,7-8,10-11H2,1-2H3,(H,19,20). The van der Waals surface area contributed by atoms with E-state index in [1.165, 1.54) is 6.42 Å². The van der Waals surface area contributed by atoms with Gasteiger partial charge in [-0.25, -0.2) is 4.79 Å². The summed E-state index contributed by atoms with van der Waals surface area (Å²) in [5.74, 6) is 0.200. The minimum absolute atomic E-state index is 0.330. The predicted octanol–water partition coefficient (Wildman–Crippen LogP) is 2.93. The highest BCUT2D eigenvalue weighted by Crippen LogP contribution is 2.25. The number of benzene rings is 1. The minimum Gasteiger partial charge on any atom is -0.478 e. The van der Waals surface area contributed by atoms with E-state index in [2.05, 4.69) is 19.2 Å². The van der Waals surface area contributed by atoms with Gasteiger partial charge in [0, 0.05) is 19.7 Å². The molecular formula is C17H25NO3. The molecule has 1 fully saturated rings. The van der Waals surface area contributed by atoms with Crippen LogP contribution in [0.25, 0.3) is 0 Å². The van der Waals surface area contributed by atoms with E-state index in [1.807, 2.05) is 6.07 Å². The van der Waals surface area contributed by atoms with Gasteiger partial charge in [-0.05, 0) is 42.4 Å². The molecule has 116 valence electrons. The fourth-order valence-corrected chi connectivity index (χ4v) is 3.04. The minimum atomic E-state index is -0.877. The smallest absolute Gasteiger partial charge is 0.335 e. The maximum Gasteiger partial charge on any atom is 0.335 e. The van der Waals surface area contributed by atoms with Gasteiger partial charge in [-0.3, -0.25) is 0 Å². The number of nitrogens with one attached hydrogen (secondary N) is 1. The first-order valence-corrected chi connectivity index (χ1v) is 7.72. The lowest BCUT2D eigenvalue weighted by Gasteiger charge is -2.34. The van der Waals surface area contributed by atoms with Gasteiger partial charge in [0.15, 0.2) is 0 Å². The highest BCUT2D eigenvalue weighted by Gasteiger charge is 2.27. The highest BCUT2D eigenvalue weighted by molar-refractivity contribution is 5.87. The molecular weight excluding hydrogens is 266 g/mol. The van der Waals surface area contributed by atoms with Crippen molar-refractivity contribution < 1.29 is 14.6 Å². The van der Waals surface area contributed by atoms with Crippen molar-refractivity contribution in [3.8, 4) is 0 Å². The molecule has 2 N–H and O–H groups in total. The molecule has 1 aliphatic rings. The third kappa shape index (κ3) is 4.55. The van der Waals surface area contributed by atoms with E-state index in [1.54, 1.807) is 18.2 Å². The average Bonchev–Trinajstić information content (AvgIpc) is 2.48. The first-order chi connectivity index (χ1) is 10.1. The molecule has 0 aromatic heterocycles. The summed E-state index contributed by atoms with van der Waals surface area (Å²) in [5.41, 5.74) is 1.35. The van der Waals surface area contributed by atoms with E-state index in [4.69, 9.17) is 9.84 Å². The van der Waals surface area contributed by atoms with Crippen molar-refractivity contribution in [3.63, 3.8) is 0 Å². The molecule has 0 aliphatic carbocycles. The SMILES string of the molecule is CC(C)C1OCCCC1CNCc1cccc(C(=O)O)c1. The fraction of sp³-hybridized carbons (Fsp3) is 0.588. The first-order valence-electron chi connectivity index (χ1n) is 7.72. The van der Waals surface area contributed by atoms with Crippen molar-refractivity contribution in [2.24, 2.45) is 11.8 Å². The molecule has 0 saturated carbocycles. The molecule has 2 atom stereocenters. The third-order valence-electron chi connectivity index (χ3n) is 4.06. The van der Waals surface area contributed by atoms with E-state index in [0.29, 0.717) is 30.0 Å². The van der Waals surface area contributed by atoms with Crippen LogP contribution in [-0.4, -0.2) is 30.3 Å².